The molecule has 6 aromatic carbocycles. The van der Waals surface area contributed by atoms with Gasteiger partial charge in [0.25, 0.3) is 0 Å². The van der Waals surface area contributed by atoms with Crippen molar-refractivity contribution in [3.8, 4) is 34.1 Å². The summed E-state index contributed by atoms with van der Waals surface area (Å²) in [6, 6.07) is 45.5. The molecule has 1 aliphatic carbocycles. The van der Waals surface area contributed by atoms with Gasteiger partial charge in [-0.25, -0.2) is 9.59 Å². The number of hydrogen-bond donors (Lipinski definition) is 2. The largest absolute Gasteiger partial charge is 0.478 e. The standard InChI is InChI=1S/C39H26O6/c40-37(41)25-7-5-9-31(23-25)44-29-19-15-27(16-20-29)39(35-13-3-1-11-33(35)34-12-2-4-14-36(34)39)28-17-21-30(22-18-28)45-32-10-6-8-26(24-32)38(42)43/h1-24H,(H,40,41)(H,42,43). The number of rotatable bonds is 8. The van der Waals surface area contributed by atoms with Crippen LogP contribution < -0.4 is 9.47 Å². The first-order valence-electron chi connectivity index (χ1n) is 14.4. The minimum Gasteiger partial charge on any atom is -0.478 e. The number of fused-ring (bicyclic) bond motifs is 3. The zero-order chi connectivity index (χ0) is 31.0. The molecular formula is C39H26O6. The lowest BCUT2D eigenvalue weighted by atomic mass is 9.68. The molecule has 7 rings (SSSR count). The Labute approximate surface area is 259 Å². The first-order valence-corrected chi connectivity index (χ1v) is 14.4. The van der Waals surface area contributed by atoms with E-state index in [1.807, 2.05) is 24.3 Å². The molecule has 0 unspecified atom stereocenters. The number of ether oxygens (including phenoxy) is 2. The number of carboxylic acids is 2. The highest BCUT2D eigenvalue weighted by Gasteiger charge is 2.45. The lowest BCUT2D eigenvalue weighted by Gasteiger charge is -2.34. The first kappa shape index (κ1) is 27.7. The molecule has 0 aromatic heterocycles. The summed E-state index contributed by atoms with van der Waals surface area (Å²) in [7, 11) is 0. The molecule has 6 nitrogen and oxygen atoms in total. The van der Waals surface area contributed by atoms with Crippen molar-refractivity contribution in [1.82, 2.24) is 0 Å². The predicted octanol–water partition coefficient (Wildman–Crippen LogP) is 9.03. The van der Waals surface area contributed by atoms with Crippen LogP contribution in [0.1, 0.15) is 43.0 Å². The van der Waals surface area contributed by atoms with E-state index in [9.17, 15) is 19.8 Å². The van der Waals surface area contributed by atoms with Crippen LogP contribution in [0.5, 0.6) is 23.0 Å². The fraction of sp³-hybridized carbons (Fsp3) is 0.0256. The van der Waals surface area contributed by atoms with Crippen LogP contribution in [0.3, 0.4) is 0 Å². The Bertz CT molecular complexity index is 1910. The van der Waals surface area contributed by atoms with Gasteiger partial charge in [0, 0.05) is 0 Å². The molecule has 0 fully saturated rings. The molecule has 6 aromatic rings. The van der Waals surface area contributed by atoms with Crippen molar-refractivity contribution in [1.29, 1.82) is 0 Å². The Morgan fingerprint density at radius 1 is 0.444 bits per heavy atom. The molecule has 0 spiro atoms. The number of benzene rings is 6. The molecule has 0 radical (unpaired) electrons. The van der Waals surface area contributed by atoms with Gasteiger partial charge >= 0.3 is 11.9 Å². The second-order valence-electron chi connectivity index (χ2n) is 10.8. The summed E-state index contributed by atoms with van der Waals surface area (Å²) in [4.78, 5) is 22.9. The lowest BCUT2D eigenvalue weighted by Crippen LogP contribution is -2.28. The van der Waals surface area contributed by atoms with E-state index in [1.54, 1.807) is 24.3 Å². The predicted molar refractivity (Wildman–Crippen MR) is 171 cm³/mol. The molecule has 45 heavy (non-hydrogen) atoms. The summed E-state index contributed by atoms with van der Waals surface area (Å²) in [6.45, 7) is 0. The Hall–Kier alpha value is -6.14. The van der Waals surface area contributed by atoms with Crippen LogP contribution in [-0.2, 0) is 5.41 Å². The molecule has 6 heteroatoms. The van der Waals surface area contributed by atoms with Gasteiger partial charge in [-0.3, -0.25) is 0 Å². The van der Waals surface area contributed by atoms with Crippen LogP contribution >= 0.6 is 0 Å². The number of carbonyl (C=O) groups is 2. The lowest BCUT2D eigenvalue weighted by molar-refractivity contribution is 0.0686. The maximum atomic E-state index is 11.4. The summed E-state index contributed by atoms with van der Waals surface area (Å²) in [6.07, 6.45) is 0. The Morgan fingerprint density at radius 2 is 0.844 bits per heavy atom. The quantitative estimate of drug-likeness (QED) is 0.183. The van der Waals surface area contributed by atoms with E-state index in [0.717, 1.165) is 33.4 Å². The van der Waals surface area contributed by atoms with E-state index in [-0.39, 0.29) is 11.1 Å². The summed E-state index contributed by atoms with van der Waals surface area (Å²) in [5.41, 5.74) is 6.36. The van der Waals surface area contributed by atoms with Crippen molar-refractivity contribution >= 4 is 11.9 Å². The molecule has 0 amide bonds. The van der Waals surface area contributed by atoms with E-state index in [1.165, 1.54) is 24.3 Å². The molecule has 1 aliphatic rings. The highest BCUT2D eigenvalue weighted by atomic mass is 16.5. The van der Waals surface area contributed by atoms with Crippen LogP contribution in [-0.4, -0.2) is 22.2 Å². The smallest absolute Gasteiger partial charge is 0.335 e. The number of aromatic carboxylic acids is 2. The second-order valence-corrected chi connectivity index (χ2v) is 10.8. The van der Waals surface area contributed by atoms with E-state index >= 15 is 0 Å². The summed E-state index contributed by atoms with van der Waals surface area (Å²) >= 11 is 0. The normalized spacial score (nSPS) is 12.5. The summed E-state index contributed by atoms with van der Waals surface area (Å²) < 4.78 is 12.1. The molecular weight excluding hydrogens is 564 g/mol. The average Bonchev–Trinajstić information content (AvgIpc) is 3.37. The first-order chi connectivity index (χ1) is 21.9. The second kappa shape index (κ2) is 11.2. The van der Waals surface area contributed by atoms with Crippen LogP contribution in [0.2, 0.25) is 0 Å². The highest BCUT2D eigenvalue weighted by Crippen LogP contribution is 2.56. The van der Waals surface area contributed by atoms with Crippen LogP contribution in [0.4, 0.5) is 0 Å². The summed E-state index contributed by atoms with van der Waals surface area (Å²) in [5, 5.41) is 18.7. The van der Waals surface area contributed by atoms with Crippen LogP contribution in [0.25, 0.3) is 11.1 Å². The van der Waals surface area contributed by atoms with Gasteiger partial charge in [-0.15, -0.1) is 0 Å². The van der Waals surface area contributed by atoms with E-state index in [4.69, 9.17) is 9.47 Å². The minimum absolute atomic E-state index is 0.157. The van der Waals surface area contributed by atoms with Gasteiger partial charge in [-0.1, -0.05) is 84.9 Å². The maximum absolute atomic E-state index is 11.4. The minimum atomic E-state index is -1.01. The molecule has 0 aliphatic heterocycles. The van der Waals surface area contributed by atoms with Gasteiger partial charge in [-0.2, -0.15) is 0 Å². The fourth-order valence-corrected chi connectivity index (χ4v) is 6.23. The third-order valence-corrected chi connectivity index (χ3v) is 8.16. The average molecular weight is 591 g/mol. The van der Waals surface area contributed by atoms with E-state index < -0.39 is 17.4 Å². The van der Waals surface area contributed by atoms with Crippen molar-refractivity contribution in [2.24, 2.45) is 0 Å². The zero-order valence-corrected chi connectivity index (χ0v) is 23.9. The third kappa shape index (κ3) is 4.88. The van der Waals surface area contributed by atoms with E-state index in [0.29, 0.717) is 23.0 Å². The van der Waals surface area contributed by atoms with Gasteiger partial charge in [0.2, 0.25) is 0 Å². The Kier molecular flexibility index (Phi) is 6.87. The van der Waals surface area contributed by atoms with Gasteiger partial charge in [-0.05, 0) is 94.0 Å². The maximum Gasteiger partial charge on any atom is 0.335 e. The van der Waals surface area contributed by atoms with Crippen molar-refractivity contribution in [3.05, 3.63) is 179 Å². The van der Waals surface area contributed by atoms with Gasteiger partial charge < -0.3 is 19.7 Å². The summed E-state index contributed by atoms with van der Waals surface area (Å²) in [5.74, 6) is 0.0338. The van der Waals surface area contributed by atoms with Crippen molar-refractivity contribution in [3.63, 3.8) is 0 Å². The van der Waals surface area contributed by atoms with Gasteiger partial charge in [0.05, 0.1) is 16.5 Å². The van der Waals surface area contributed by atoms with Gasteiger partial charge in [0.1, 0.15) is 23.0 Å². The zero-order valence-electron chi connectivity index (χ0n) is 23.9. The molecule has 0 bridgehead atoms. The highest BCUT2D eigenvalue weighted by molar-refractivity contribution is 5.89. The molecule has 0 atom stereocenters. The molecule has 218 valence electrons. The monoisotopic (exact) mass is 590 g/mol. The van der Waals surface area contributed by atoms with Crippen molar-refractivity contribution in [2.75, 3.05) is 0 Å². The van der Waals surface area contributed by atoms with Gasteiger partial charge in [0.15, 0.2) is 0 Å². The topological polar surface area (TPSA) is 93.1 Å². The molecule has 0 saturated carbocycles. The van der Waals surface area contributed by atoms with Crippen LogP contribution in [0, 0.1) is 0 Å². The molecule has 0 heterocycles. The van der Waals surface area contributed by atoms with Crippen LogP contribution in [0.15, 0.2) is 146 Å². The van der Waals surface area contributed by atoms with E-state index in [2.05, 4.69) is 72.8 Å². The molecule has 2 N–H and O–H groups in total. The fourth-order valence-electron chi connectivity index (χ4n) is 6.23. The Morgan fingerprint density at radius 3 is 1.24 bits per heavy atom. The van der Waals surface area contributed by atoms with Crippen molar-refractivity contribution in [2.45, 2.75) is 5.41 Å². The number of carboxylic acid groups (broad SMARTS) is 2. The van der Waals surface area contributed by atoms with Crippen molar-refractivity contribution < 1.29 is 29.3 Å². The third-order valence-electron chi connectivity index (χ3n) is 8.16. The number of hydrogen-bond acceptors (Lipinski definition) is 4. The Balaban J connectivity index is 1.31. The molecule has 0 saturated heterocycles. The SMILES string of the molecule is O=C(O)c1cccc(Oc2ccc(C3(c4ccc(Oc5cccc(C(=O)O)c5)cc4)c4ccccc4-c4ccccc43)cc2)c1.